The van der Waals surface area contributed by atoms with E-state index < -0.39 is 0 Å². The predicted octanol–water partition coefficient (Wildman–Crippen LogP) is 4.39. The van der Waals surface area contributed by atoms with Crippen LogP contribution in [0, 0.1) is 0 Å². The first-order chi connectivity index (χ1) is 12.3. The molecule has 1 saturated heterocycles. The van der Waals surface area contributed by atoms with Gasteiger partial charge < -0.3 is 0 Å². The molecule has 0 saturated carbocycles. The van der Waals surface area contributed by atoms with Crippen molar-refractivity contribution in [3.8, 4) is 0 Å². The summed E-state index contributed by atoms with van der Waals surface area (Å²) >= 11 is 7.47. The predicted molar refractivity (Wildman–Crippen MR) is 103 cm³/mol. The zero-order valence-electron chi connectivity index (χ0n) is 13.9. The van der Waals surface area contributed by atoms with Crippen LogP contribution in [0.15, 0.2) is 24.3 Å². The fraction of sp³-hybridized carbons (Fsp3) is 0.389. The molecule has 1 aliphatic heterocycles. The molecule has 0 bridgehead atoms. The average Bonchev–Trinajstić information content (AvgIpc) is 3.07. The van der Waals surface area contributed by atoms with Gasteiger partial charge in [0.25, 0.3) is 0 Å². The summed E-state index contributed by atoms with van der Waals surface area (Å²) in [6.45, 7) is 3.11. The van der Waals surface area contributed by atoms with Crippen molar-refractivity contribution in [2.24, 2.45) is 0 Å². The normalized spacial score (nSPS) is 16.7. The molecule has 1 fully saturated rings. The number of nitrogens with zero attached hydrogens (tertiary/aromatic N) is 5. The lowest BCUT2D eigenvalue weighted by molar-refractivity contribution is 0.268. The summed E-state index contributed by atoms with van der Waals surface area (Å²) in [5.41, 5.74) is 1.10. The van der Waals surface area contributed by atoms with Crippen LogP contribution in [0.2, 0.25) is 5.02 Å². The molecule has 1 aliphatic rings. The zero-order valence-corrected chi connectivity index (χ0v) is 15.5. The molecule has 0 N–H and O–H groups in total. The summed E-state index contributed by atoms with van der Waals surface area (Å²) in [4.78, 5) is 3.31. The van der Waals surface area contributed by atoms with Crippen molar-refractivity contribution < 1.29 is 0 Å². The maximum Gasteiger partial charge on any atom is 0.235 e. The molecule has 0 atom stereocenters. The molecule has 4 rings (SSSR count). The Morgan fingerprint density at radius 3 is 2.52 bits per heavy atom. The average molecular weight is 374 g/mol. The Labute approximate surface area is 155 Å². The van der Waals surface area contributed by atoms with Gasteiger partial charge in [-0.2, -0.15) is 9.61 Å². The molecule has 130 valence electrons. The summed E-state index contributed by atoms with van der Waals surface area (Å²) in [7, 11) is 0. The zero-order chi connectivity index (χ0) is 17.1. The van der Waals surface area contributed by atoms with Gasteiger partial charge >= 0.3 is 0 Å². The third kappa shape index (κ3) is 4.08. The first-order valence-electron chi connectivity index (χ1n) is 8.65. The molecule has 0 spiro atoms. The summed E-state index contributed by atoms with van der Waals surface area (Å²) < 4.78 is 1.89. The minimum Gasteiger partial charge on any atom is -0.296 e. The number of halogens is 1. The SMILES string of the molecule is Clc1ccc(/C=C/c2nn3c(CN4CCCCCC4)nnc3s2)cc1. The standard InChI is InChI=1S/C18H20ClN5S/c19-15-8-5-14(6-9-15)7-10-17-22-24-16(20-21-18(24)25-17)13-23-11-3-1-2-4-12-23/h5-10H,1-4,11-13H2/b10-7+. The minimum atomic E-state index is 0.745. The van der Waals surface area contributed by atoms with E-state index in [4.69, 9.17) is 11.6 Å². The Hall–Kier alpha value is -1.76. The Morgan fingerprint density at radius 1 is 1.00 bits per heavy atom. The van der Waals surface area contributed by atoms with E-state index in [1.807, 2.05) is 40.9 Å². The Kier molecular flexibility index (Phi) is 5.10. The van der Waals surface area contributed by atoms with Gasteiger partial charge in [-0.05, 0) is 49.7 Å². The second-order valence-corrected chi connectivity index (χ2v) is 7.75. The van der Waals surface area contributed by atoms with Crippen molar-refractivity contribution in [3.63, 3.8) is 0 Å². The second kappa shape index (κ2) is 7.64. The van der Waals surface area contributed by atoms with E-state index >= 15 is 0 Å². The van der Waals surface area contributed by atoms with Crippen LogP contribution in [-0.2, 0) is 6.54 Å². The third-order valence-corrected chi connectivity index (χ3v) is 5.54. The van der Waals surface area contributed by atoms with Crippen LogP contribution in [0.5, 0.6) is 0 Å². The van der Waals surface area contributed by atoms with Crippen molar-refractivity contribution in [2.45, 2.75) is 32.2 Å². The fourth-order valence-corrected chi connectivity index (χ4v) is 3.96. The van der Waals surface area contributed by atoms with Gasteiger partial charge in [0, 0.05) is 5.02 Å². The maximum atomic E-state index is 5.92. The van der Waals surface area contributed by atoms with Crippen LogP contribution in [0.4, 0.5) is 0 Å². The van der Waals surface area contributed by atoms with Gasteiger partial charge in [-0.15, -0.1) is 10.2 Å². The van der Waals surface area contributed by atoms with Crippen LogP contribution < -0.4 is 0 Å². The first kappa shape index (κ1) is 16.7. The molecule has 0 unspecified atom stereocenters. The molecule has 1 aromatic carbocycles. The lowest BCUT2D eigenvalue weighted by Gasteiger charge is -2.17. The Balaban J connectivity index is 1.50. The summed E-state index contributed by atoms with van der Waals surface area (Å²) in [6.07, 6.45) is 9.27. The van der Waals surface area contributed by atoms with Gasteiger partial charge in [0.15, 0.2) is 5.82 Å². The van der Waals surface area contributed by atoms with Gasteiger partial charge in [0.1, 0.15) is 5.01 Å². The van der Waals surface area contributed by atoms with E-state index in [1.54, 1.807) is 11.3 Å². The van der Waals surface area contributed by atoms with Gasteiger partial charge in [-0.3, -0.25) is 4.90 Å². The monoisotopic (exact) mass is 373 g/mol. The number of benzene rings is 1. The van der Waals surface area contributed by atoms with Gasteiger partial charge in [0.05, 0.1) is 6.54 Å². The summed E-state index contributed by atoms with van der Waals surface area (Å²) in [5.74, 6) is 0.930. The lowest BCUT2D eigenvalue weighted by atomic mass is 10.2. The third-order valence-electron chi connectivity index (χ3n) is 4.42. The molecule has 3 heterocycles. The van der Waals surface area contributed by atoms with Crippen molar-refractivity contribution >= 4 is 40.1 Å². The van der Waals surface area contributed by atoms with Crippen LogP contribution in [0.25, 0.3) is 17.1 Å². The highest BCUT2D eigenvalue weighted by Gasteiger charge is 2.15. The highest BCUT2D eigenvalue weighted by Crippen LogP contribution is 2.19. The van der Waals surface area contributed by atoms with E-state index in [9.17, 15) is 0 Å². The molecule has 0 radical (unpaired) electrons. The fourth-order valence-electron chi connectivity index (χ4n) is 3.07. The highest BCUT2D eigenvalue weighted by molar-refractivity contribution is 7.17. The second-order valence-electron chi connectivity index (χ2n) is 6.33. The van der Waals surface area contributed by atoms with Crippen molar-refractivity contribution in [2.75, 3.05) is 13.1 Å². The Bertz CT molecular complexity index is 859. The number of likely N-dealkylation sites (tertiary alicyclic amines) is 1. The molecule has 7 heteroatoms. The lowest BCUT2D eigenvalue weighted by Crippen LogP contribution is -2.25. The van der Waals surface area contributed by atoms with Crippen LogP contribution in [0.1, 0.15) is 42.1 Å². The van der Waals surface area contributed by atoms with Crippen molar-refractivity contribution in [3.05, 3.63) is 45.7 Å². The van der Waals surface area contributed by atoms with Gasteiger partial charge in [-0.1, -0.05) is 54.0 Å². The van der Waals surface area contributed by atoms with Crippen LogP contribution in [-0.4, -0.2) is 37.8 Å². The van der Waals surface area contributed by atoms with Crippen molar-refractivity contribution in [1.29, 1.82) is 0 Å². The van der Waals surface area contributed by atoms with Crippen LogP contribution >= 0.6 is 22.9 Å². The molecule has 5 nitrogen and oxygen atoms in total. The topological polar surface area (TPSA) is 46.3 Å². The van der Waals surface area contributed by atoms with Crippen LogP contribution in [0.3, 0.4) is 0 Å². The molecule has 3 aromatic rings. The van der Waals surface area contributed by atoms with Crippen molar-refractivity contribution in [1.82, 2.24) is 24.7 Å². The smallest absolute Gasteiger partial charge is 0.235 e. The molecule has 0 aliphatic carbocycles. The first-order valence-corrected chi connectivity index (χ1v) is 9.84. The minimum absolute atomic E-state index is 0.745. The quantitative estimate of drug-likeness (QED) is 0.680. The van der Waals surface area contributed by atoms with E-state index in [0.29, 0.717) is 0 Å². The molecule has 0 amide bonds. The molecule has 2 aromatic heterocycles. The summed E-state index contributed by atoms with van der Waals surface area (Å²) in [5, 5.41) is 15.0. The van der Waals surface area contributed by atoms with E-state index in [-0.39, 0.29) is 0 Å². The maximum absolute atomic E-state index is 5.92. The number of fused-ring (bicyclic) bond motifs is 1. The largest absolute Gasteiger partial charge is 0.296 e. The van der Waals surface area contributed by atoms with E-state index in [1.165, 1.54) is 25.7 Å². The number of aromatic nitrogens is 4. The van der Waals surface area contributed by atoms with Gasteiger partial charge in [-0.25, -0.2) is 0 Å². The molecule has 25 heavy (non-hydrogen) atoms. The van der Waals surface area contributed by atoms with Gasteiger partial charge in [0.2, 0.25) is 4.96 Å². The number of rotatable bonds is 4. The molecular formula is C18H20ClN5S. The van der Waals surface area contributed by atoms with E-state index in [0.717, 1.165) is 46.0 Å². The number of hydrogen-bond donors (Lipinski definition) is 0. The number of hydrogen-bond acceptors (Lipinski definition) is 5. The summed E-state index contributed by atoms with van der Waals surface area (Å²) in [6, 6.07) is 7.76. The van der Waals surface area contributed by atoms with E-state index in [2.05, 4.69) is 20.2 Å². The Morgan fingerprint density at radius 2 is 1.76 bits per heavy atom. The highest BCUT2D eigenvalue weighted by atomic mass is 35.5. The molecular weight excluding hydrogens is 354 g/mol.